The molecule has 0 aliphatic rings. The third-order valence-electron chi connectivity index (χ3n) is 3.43. The molecule has 1 aromatic rings. The van der Waals surface area contributed by atoms with Crippen molar-refractivity contribution >= 4 is 5.91 Å². The second-order valence-corrected chi connectivity index (χ2v) is 5.51. The molecule has 4 N–H and O–H groups in total. The number of unbranched alkanes of at least 4 members (excludes halogenated alkanes) is 1. The molecule has 0 bridgehead atoms. The Hall–Kier alpha value is -1.39. The molecule has 0 aliphatic heterocycles. The van der Waals surface area contributed by atoms with Crippen LogP contribution in [-0.4, -0.2) is 29.9 Å². The van der Waals surface area contributed by atoms with Gasteiger partial charge in [0.1, 0.15) is 0 Å². The zero-order valence-corrected chi connectivity index (χ0v) is 12.8. The lowest BCUT2D eigenvalue weighted by molar-refractivity contribution is -0.119. The quantitative estimate of drug-likeness (QED) is 0.763. The number of primary amides is 1. The molecule has 0 spiro atoms. The van der Waals surface area contributed by atoms with Gasteiger partial charge in [0.25, 0.3) is 0 Å². The summed E-state index contributed by atoms with van der Waals surface area (Å²) in [6.07, 6.45) is 2.11. The Morgan fingerprint density at radius 2 is 2.10 bits per heavy atom. The van der Waals surface area contributed by atoms with Crippen molar-refractivity contribution in [2.24, 2.45) is 11.5 Å². The van der Waals surface area contributed by atoms with E-state index in [1.165, 1.54) is 5.56 Å². The number of benzene rings is 1. The van der Waals surface area contributed by atoms with Crippen LogP contribution in [0.2, 0.25) is 0 Å². The average molecular weight is 277 g/mol. The minimum absolute atomic E-state index is 0.0222. The molecule has 0 fully saturated rings. The highest BCUT2D eigenvalue weighted by atomic mass is 16.1. The molecule has 1 rings (SSSR count). The van der Waals surface area contributed by atoms with Gasteiger partial charge in [-0.1, -0.05) is 43.2 Å². The minimum Gasteiger partial charge on any atom is -0.369 e. The first kappa shape index (κ1) is 16.7. The van der Waals surface area contributed by atoms with Gasteiger partial charge in [0.2, 0.25) is 5.91 Å². The number of amides is 1. The summed E-state index contributed by atoms with van der Waals surface area (Å²) < 4.78 is 0. The molecule has 4 nitrogen and oxygen atoms in total. The molecular weight excluding hydrogens is 250 g/mol. The minimum atomic E-state index is -0.306. The van der Waals surface area contributed by atoms with E-state index in [1.54, 1.807) is 0 Å². The van der Waals surface area contributed by atoms with Crippen molar-refractivity contribution in [2.75, 3.05) is 13.1 Å². The molecule has 0 saturated heterocycles. The maximum atomic E-state index is 11.3. The number of carbonyl (C=O) groups excluding carboxylic acids is 1. The molecule has 2 unspecified atom stereocenters. The van der Waals surface area contributed by atoms with Gasteiger partial charge in [0.05, 0.1) is 12.6 Å². The van der Waals surface area contributed by atoms with Crippen LogP contribution in [0.25, 0.3) is 0 Å². The monoisotopic (exact) mass is 277 g/mol. The van der Waals surface area contributed by atoms with Gasteiger partial charge in [-0.15, -0.1) is 0 Å². The Labute approximate surface area is 122 Å². The number of hydrogen-bond acceptors (Lipinski definition) is 3. The Kier molecular flexibility index (Phi) is 6.68. The Bertz CT molecular complexity index is 431. The predicted molar refractivity (Wildman–Crippen MR) is 83.2 cm³/mol. The van der Waals surface area contributed by atoms with Crippen LogP contribution in [0.3, 0.4) is 0 Å². The van der Waals surface area contributed by atoms with Crippen LogP contribution in [0.15, 0.2) is 24.3 Å². The van der Waals surface area contributed by atoms with Gasteiger partial charge in [-0.05, 0) is 32.4 Å². The summed E-state index contributed by atoms with van der Waals surface area (Å²) in [6, 6.07) is 8.26. The predicted octanol–water partition coefficient (Wildman–Crippen LogP) is 1.97. The van der Waals surface area contributed by atoms with Crippen LogP contribution in [0.4, 0.5) is 0 Å². The summed E-state index contributed by atoms with van der Waals surface area (Å²) in [5.41, 5.74) is 13.9. The zero-order chi connectivity index (χ0) is 15.1. The molecular formula is C16H27N3O. The number of carbonyl (C=O) groups is 1. The summed E-state index contributed by atoms with van der Waals surface area (Å²) in [6.45, 7) is 7.26. The second-order valence-electron chi connectivity index (χ2n) is 5.51. The Balaban J connectivity index is 3.03. The first-order chi connectivity index (χ1) is 9.45. The SMILES string of the molecule is CCCCN(CC(N)=O)C(c1cccc(C)c1)C(C)N. The van der Waals surface area contributed by atoms with Crippen LogP contribution in [0, 0.1) is 6.92 Å². The van der Waals surface area contributed by atoms with E-state index in [9.17, 15) is 4.79 Å². The number of rotatable bonds is 8. The molecule has 0 radical (unpaired) electrons. The summed E-state index contributed by atoms with van der Waals surface area (Å²) in [4.78, 5) is 13.4. The van der Waals surface area contributed by atoms with Crippen molar-refractivity contribution in [3.8, 4) is 0 Å². The van der Waals surface area contributed by atoms with Gasteiger partial charge in [-0.25, -0.2) is 0 Å². The first-order valence-corrected chi connectivity index (χ1v) is 7.30. The highest BCUT2D eigenvalue weighted by Gasteiger charge is 2.24. The van der Waals surface area contributed by atoms with Crippen molar-refractivity contribution in [3.05, 3.63) is 35.4 Å². The number of nitrogens with zero attached hydrogens (tertiary/aromatic N) is 1. The standard InChI is InChI=1S/C16H27N3O/c1-4-5-9-19(11-15(18)20)16(13(3)17)14-8-6-7-12(2)10-14/h6-8,10,13,16H,4-5,9,11,17H2,1-3H3,(H2,18,20). The van der Waals surface area contributed by atoms with Crippen LogP contribution < -0.4 is 11.5 Å². The van der Waals surface area contributed by atoms with Crippen LogP contribution in [-0.2, 0) is 4.79 Å². The molecule has 4 heteroatoms. The normalized spacial score (nSPS) is 14.2. The fourth-order valence-corrected chi connectivity index (χ4v) is 2.58. The number of aryl methyl sites for hydroxylation is 1. The van der Waals surface area contributed by atoms with E-state index in [-0.39, 0.29) is 24.5 Å². The molecule has 1 amide bonds. The van der Waals surface area contributed by atoms with Gasteiger partial charge in [0.15, 0.2) is 0 Å². The highest BCUT2D eigenvalue weighted by molar-refractivity contribution is 5.76. The lowest BCUT2D eigenvalue weighted by Gasteiger charge is -2.34. The number of hydrogen-bond donors (Lipinski definition) is 2. The molecule has 112 valence electrons. The lowest BCUT2D eigenvalue weighted by Crippen LogP contribution is -2.44. The summed E-state index contributed by atoms with van der Waals surface area (Å²) in [7, 11) is 0. The maximum absolute atomic E-state index is 11.3. The fraction of sp³-hybridized carbons (Fsp3) is 0.562. The molecule has 1 aromatic carbocycles. The third kappa shape index (κ3) is 4.94. The highest BCUT2D eigenvalue weighted by Crippen LogP contribution is 2.24. The van der Waals surface area contributed by atoms with E-state index >= 15 is 0 Å². The molecule has 2 atom stereocenters. The van der Waals surface area contributed by atoms with Crippen molar-refractivity contribution in [1.82, 2.24) is 4.90 Å². The molecule has 0 saturated carbocycles. The van der Waals surface area contributed by atoms with E-state index in [4.69, 9.17) is 11.5 Å². The molecule has 20 heavy (non-hydrogen) atoms. The maximum Gasteiger partial charge on any atom is 0.231 e. The lowest BCUT2D eigenvalue weighted by atomic mass is 9.97. The molecule has 0 heterocycles. The summed E-state index contributed by atoms with van der Waals surface area (Å²) in [5, 5.41) is 0. The van der Waals surface area contributed by atoms with Crippen LogP contribution in [0.5, 0.6) is 0 Å². The third-order valence-corrected chi connectivity index (χ3v) is 3.43. The van der Waals surface area contributed by atoms with Crippen molar-refractivity contribution in [2.45, 2.75) is 45.7 Å². The van der Waals surface area contributed by atoms with E-state index in [2.05, 4.69) is 36.9 Å². The van der Waals surface area contributed by atoms with Crippen molar-refractivity contribution in [3.63, 3.8) is 0 Å². The molecule has 0 aromatic heterocycles. The smallest absolute Gasteiger partial charge is 0.231 e. The van der Waals surface area contributed by atoms with Gasteiger partial charge in [-0.3, -0.25) is 9.69 Å². The van der Waals surface area contributed by atoms with Crippen molar-refractivity contribution < 1.29 is 4.79 Å². The van der Waals surface area contributed by atoms with Gasteiger partial charge < -0.3 is 11.5 Å². The topological polar surface area (TPSA) is 72.3 Å². The number of nitrogens with two attached hydrogens (primary N) is 2. The van der Waals surface area contributed by atoms with Gasteiger partial charge in [0, 0.05) is 6.04 Å². The van der Waals surface area contributed by atoms with E-state index in [0.717, 1.165) is 24.9 Å². The summed E-state index contributed by atoms with van der Waals surface area (Å²) in [5.74, 6) is -0.306. The van der Waals surface area contributed by atoms with Crippen molar-refractivity contribution in [1.29, 1.82) is 0 Å². The van der Waals surface area contributed by atoms with Crippen LogP contribution in [0.1, 0.15) is 43.9 Å². The first-order valence-electron chi connectivity index (χ1n) is 7.30. The van der Waals surface area contributed by atoms with E-state index in [1.807, 2.05) is 13.0 Å². The Morgan fingerprint density at radius 1 is 1.40 bits per heavy atom. The average Bonchev–Trinajstić information content (AvgIpc) is 2.35. The van der Waals surface area contributed by atoms with E-state index < -0.39 is 0 Å². The van der Waals surface area contributed by atoms with Gasteiger partial charge >= 0.3 is 0 Å². The van der Waals surface area contributed by atoms with Gasteiger partial charge in [-0.2, -0.15) is 0 Å². The Morgan fingerprint density at radius 3 is 2.60 bits per heavy atom. The van der Waals surface area contributed by atoms with E-state index in [0.29, 0.717) is 0 Å². The molecule has 0 aliphatic carbocycles. The second kappa shape index (κ2) is 8.02. The fourth-order valence-electron chi connectivity index (χ4n) is 2.58. The summed E-state index contributed by atoms with van der Waals surface area (Å²) >= 11 is 0. The largest absolute Gasteiger partial charge is 0.369 e. The van der Waals surface area contributed by atoms with Crippen LogP contribution >= 0.6 is 0 Å². The zero-order valence-electron chi connectivity index (χ0n) is 12.8.